The van der Waals surface area contributed by atoms with E-state index in [9.17, 15) is 14.7 Å². The Balaban J connectivity index is 1.12. The molecule has 2 aliphatic rings. The van der Waals surface area contributed by atoms with Crippen LogP contribution in [0.3, 0.4) is 0 Å². The Labute approximate surface area is 253 Å². The maximum atomic E-state index is 13.4. The fourth-order valence-corrected chi connectivity index (χ4v) is 7.20. The molecule has 10 heteroatoms. The number of benzene rings is 2. The molecule has 2 N–H and O–H groups in total. The number of nitrogens with one attached hydrogen (secondary N) is 1. The van der Waals surface area contributed by atoms with Crippen molar-refractivity contribution in [2.24, 2.45) is 5.92 Å². The molecule has 0 saturated heterocycles. The van der Waals surface area contributed by atoms with Crippen molar-refractivity contribution < 1.29 is 14.7 Å². The maximum absolute atomic E-state index is 13.4. The van der Waals surface area contributed by atoms with E-state index in [1.807, 2.05) is 70.4 Å². The standard InChI is InChI=1S/C33H32N6O3S/c40-31(37-33-35-27-11-4-5-12-28(27)43-33)25-10-6-9-22-15-16-38(20-26(22)25)29-14-13-24(30(36-29)32(41)42)23-17-34-39(19-23)18-21-7-2-1-3-8-21/h4-6,9-14,17,19,21H,1-3,7-8,15-16,18,20H2,(H,41,42)(H,35,37,40). The van der Waals surface area contributed by atoms with Gasteiger partial charge in [-0.2, -0.15) is 5.10 Å². The monoisotopic (exact) mass is 592 g/mol. The number of nitrogens with zero attached hydrogens (tertiary/aromatic N) is 5. The molecule has 7 rings (SSSR count). The molecule has 0 radical (unpaired) electrons. The summed E-state index contributed by atoms with van der Waals surface area (Å²) < 4.78 is 2.95. The molecular weight excluding hydrogens is 560 g/mol. The molecule has 1 amide bonds. The molecular formula is C33H32N6O3S. The molecule has 1 fully saturated rings. The number of pyridine rings is 1. The van der Waals surface area contributed by atoms with Gasteiger partial charge in [0, 0.05) is 42.5 Å². The molecule has 43 heavy (non-hydrogen) atoms. The molecule has 0 atom stereocenters. The number of amides is 1. The van der Waals surface area contributed by atoms with Crippen LogP contribution in [0.25, 0.3) is 21.3 Å². The van der Waals surface area contributed by atoms with Gasteiger partial charge in [-0.1, -0.05) is 54.9 Å². The van der Waals surface area contributed by atoms with Crippen LogP contribution >= 0.6 is 11.3 Å². The van der Waals surface area contributed by atoms with Crippen LogP contribution in [0.4, 0.5) is 10.9 Å². The van der Waals surface area contributed by atoms with Crippen molar-refractivity contribution in [3.8, 4) is 11.1 Å². The van der Waals surface area contributed by atoms with Crippen molar-refractivity contribution in [1.82, 2.24) is 19.7 Å². The minimum absolute atomic E-state index is 0.00220. The van der Waals surface area contributed by atoms with Gasteiger partial charge < -0.3 is 10.0 Å². The van der Waals surface area contributed by atoms with Gasteiger partial charge in [-0.05, 0) is 66.6 Å². The maximum Gasteiger partial charge on any atom is 0.355 e. The number of carboxylic acid groups (broad SMARTS) is 1. The lowest BCUT2D eigenvalue weighted by Crippen LogP contribution is -2.33. The van der Waals surface area contributed by atoms with E-state index < -0.39 is 5.97 Å². The van der Waals surface area contributed by atoms with Crippen LogP contribution in [0.2, 0.25) is 0 Å². The molecule has 0 unspecified atom stereocenters. The third kappa shape index (κ3) is 5.62. The number of carbonyl (C=O) groups excluding carboxylic acids is 1. The fourth-order valence-electron chi connectivity index (χ4n) is 6.34. The molecule has 5 aromatic rings. The van der Waals surface area contributed by atoms with Crippen molar-refractivity contribution in [1.29, 1.82) is 0 Å². The second kappa shape index (κ2) is 11.6. The van der Waals surface area contributed by atoms with Crippen LogP contribution in [0, 0.1) is 5.92 Å². The largest absolute Gasteiger partial charge is 0.476 e. The molecule has 218 valence electrons. The number of rotatable bonds is 7. The van der Waals surface area contributed by atoms with Gasteiger partial charge in [0.25, 0.3) is 5.91 Å². The number of fused-ring (bicyclic) bond motifs is 2. The number of hydrogen-bond donors (Lipinski definition) is 2. The lowest BCUT2D eigenvalue weighted by Gasteiger charge is -2.31. The van der Waals surface area contributed by atoms with Gasteiger partial charge in [-0.15, -0.1) is 0 Å². The molecule has 2 aromatic carbocycles. The number of aromatic carboxylic acids is 1. The number of aromatic nitrogens is 4. The van der Waals surface area contributed by atoms with Gasteiger partial charge in [0.05, 0.1) is 16.4 Å². The zero-order valence-electron chi connectivity index (χ0n) is 23.7. The summed E-state index contributed by atoms with van der Waals surface area (Å²) >= 11 is 1.44. The Bertz CT molecular complexity index is 1790. The summed E-state index contributed by atoms with van der Waals surface area (Å²) in [5.74, 6) is -0.0957. The molecule has 0 spiro atoms. The molecule has 1 saturated carbocycles. The summed E-state index contributed by atoms with van der Waals surface area (Å²) in [5.41, 5.74) is 4.77. The number of carbonyl (C=O) groups is 2. The lowest BCUT2D eigenvalue weighted by molar-refractivity contribution is 0.0691. The fraction of sp³-hybridized carbons (Fsp3) is 0.303. The van der Waals surface area contributed by atoms with Gasteiger partial charge >= 0.3 is 5.97 Å². The van der Waals surface area contributed by atoms with E-state index in [1.165, 1.54) is 43.4 Å². The highest BCUT2D eigenvalue weighted by molar-refractivity contribution is 7.22. The summed E-state index contributed by atoms with van der Waals surface area (Å²) in [7, 11) is 0. The predicted octanol–water partition coefficient (Wildman–Crippen LogP) is 6.65. The van der Waals surface area contributed by atoms with Gasteiger partial charge in [-0.25, -0.2) is 14.8 Å². The zero-order valence-corrected chi connectivity index (χ0v) is 24.5. The second-order valence-electron chi connectivity index (χ2n) is 11.4. The van der Waals surface area contributed by atoms with Gasteiger partial charge in [-0.3, -0.25) is 14.8 Å². The van der Waals surface area contributed by atoms with Crippen LogP contribution in [-0.2, 0) is 19.5 Å². The van der Waals surface area contributed by atoms with Crippen molar-refractivity contribution in [3.63, 3.8) is 0 Å². The number of carboxylic acids is 1. The van der Waals surface area contributed by atoms with Crippen LogP contribution in [0.15, 0.2) is 67.0 Å². The van der Waals surface area contributed by atoms with Gasteiger partial charge in [0.15, 0.2) is 10.8 Å². The van der Waals surface area contributed by atoms with Crippen LogP contribution < -0.4 is 10.2 Å². The van der Waals surface area contributed by atoms with E-state index in [-0.39, 0.29) is 11.6 Å². The van der Waals surface area contributed by atoms with Gasteiger partial charge in [0.1, 0.15) is 5.82 Å². The Morgan fingerprint density at radius 2 is 1.86 bits per heavy atom. The first-order valence-corrected chi connectivity index (χ1v) is 15.6. The molecule has 9 nitrogen and oxygen atoms in total. The first-order valence-electron chi connectivity index (χ1n) is 14.8. The van der Waals surface area contributed by atoms with Crippen molar-refractivity contribution in [2.45, 2.75) is 51.6 Å². The van der Waals surface area contributed by atoms with E-state index in [2.05, 4.69) is 20.4 Å². The topological polar surface area (TPSA) is 113 Å². The Hall–Kier alpha value is -4.57. The number of hydrogen-bond acceptors (Lipinski definition) is 7. The second-order valence-corrected chi connectivity index (χ2v) is 12.4. The Morgan fingerprint density at radius 1 is 1.00 bits per heavy atom. The van der Waals surface area contributed by atoms with Crippen LogP contribution in [-0.4, -0.2) is 43.3 Å². The summed E-state index contributed by atoms with van der Waals surface area (Å²) in [6.45, 7) is 1.97. The SMILES string of the molecule is O=C(Nc1nc2ccccc2s1)c1cccc2c1CN(c1ccc(-c3cnn(CC4CCCCC4)c3)c(C(=O)O)n1)CC2. The minimum atomic E-state index is -1.08. The Kier molecular flexibility index (Phi) is 7.36. The van der Waals surface area contributed by atoms with Crippen LogP contribution in [0.5, 0.6) is 0 Å². The minimum Gasteiger partial charge on any atom is -0.476 e. The number of thiazole rings is 1. The van der Waals surface area contributed by atoms with E-state index >= 15 is 0 Å². The van der Waals surface area contributed by atoms with Crippen molar-refractivity contribution in [2.75, 3.05) is 16.8 Å². The molecule has 4 heterocycles. The predicted molar refractivity (Wildman–Crippen MR) is 168 cm³/mol. The quantitative estimate of drug-likeness (QED) is 0.218. The number of para-hydroxylation sites is 1. The molecule has 1 aliphatic carbocycles. The lowest BCUT2D eigenvalue weighted by atomic mass is 9.89. The smallest absolute Gasteiger partial charge is 0.355 e. The molecule has 3 aromatic heterocycles. The highest BCUT2D eigenvalue weighted by Crippen LogP contribution is 2.32. The van der Waals surface area contributed by atoms with Crippen molar-refractivity contribution >= 4 is 44.4 Å². The highest BCUT2D eigenvalue weighted by Gasteiger charge is 2.25. The highest BCUT2D eigenvalue weighted by atomic mass is 32.1. The van der Waals surface area contributed by atoms with E-state index in [0.717, 1.165) is 39.9 Å². The first-order chi connectivity index (χ1) is 21.0. The van der Waals surface area contributed by atoms with E-state index in [1.54, 1.807) is 6.20 Å². The summed E-state index contributed by atoms with van der Waals surface area (Å²) in [6.07, 6.45) is 10.7. The van der Waals surface area contributed by atoms with Crippen molar-refractivity contribution in [3.05, 3.63) is 89.4 Å². The first kappa shape index (κ1) is 27.3. The average molecular weight is 593 g/mol. The van der Waals surface area contributed by atoms with Gasteiger partial charge in [0.2, 0.25) is 0 Å². The average Bonchev–Trinajstić information content (AvgIpc) is 3.67. The third-order valence-electron chi connectivity index (χ3n) is 8.55. The van der Waals surface area contributed by atoms with Crippen LogP contribution in [0.1, 0.15) is 64.1 Å². The van der Waals surface area contributed by atoms with E-state index in [4.69, 9.17) is 0 Å². The normalized spacial score (nSPS) is 15.4. The molecule has 0 bridgehead atoms. The third-order valence-corrected chi connectivity index (χ3v) is 9.51. The Morgan fingerprint density at radius 3 is 2.70 bits per heavy atom. The summed E-state index contributed by atoms with van der Waals surface area (Å²) in [6, 6.07) is 17.3. The summed E-state index contributed by atoms with van der Waals surface area (Å²) in [4.78, 5) is 37.0. The van der Waals surface area contributed by atoms with E-state index in [0.29, 0.717) is 41.1 Å². The number of anilines is 2. The summed E-state index contributed by atoms with van der Waals surface area (Å²) in [5, 5.41) is 18.2. The molecule has 1 aliphatic heterocycles. The zero-order chi connectivity index (χ0) is 29.3.